The fourth-order valence-electron chi connectivity index (χ4n) is 0.944. The van der Waals surface area contributed by atoms with Gasteiger partial charge in [0.05, 0.1) is 0 Å². The Morgan fingerprint density at radius 2 is 1.92 bits per heavy atom. The fraction of sp³-hybridized carbons (Fsp3) is 0.333. The zero-order valence-corrected chi connectivity index (χ0v) is 7.51. The van der Waals surface area contributed by atoms with E-state index in [1.165, 1.54) is 5.01 Å². The van der Waals surface area contributed by atoms with E-state index in [0.29, 0.717) is 6.54 Å². The first kappa shape index (κ1) is 9.98. The van der Waals surface area contributed by atoms with Crippen LogP contribution in [-0.4, -0.2) is 21.4 Å². The van der Waals surface area contributed by atoms with Crippen molar-refractivity contribution >= 4 is 0 Å². The summed E-state index contributed by atoms with van der Waals surface area (Å²) < 4.78 is 0. The van der Waals surface area contributed by atoms with Gasteiger partial charge in [-0.2, -0.15) is 0 Å². The summed E-state index contributed by atoms with van der Waals surface area (Å²) in [7, 11) is 0. The van der Waals surface area contributed by atoms with Crippen LogP contribution in [0.1, 0.15) is 12.5 Å². The molecule has 0 aliphatic carbocycles. The summed E-state index contributed by atoms with van der Waals surface area (Å²) in [6, 6.07) is 6.70. The number of hydrazine groups is 1. The van der Waals surface area contributed by atoms with Gasteiger partial charge in [-0.3, -0.25) is 5.84 Å². The molecule has 72 valence electrons. The summed E-state index contributed by atoms with van der Waals surface area (Å²) in [6.45, 7) is 2.05. The van der Waals surface area contributed by atoms with Crippen molar-refractivity contribution in [3.8, 4) is 5.75 Å². The van der Waals surface area contributed by atoms with Crippen LogP contribution in [0, 0.1) is 0 Å². The van der Waals surface area contributed by atoms with E-state index < -0.39 is 6.23 Å². The SMILES string of the molecule is CC(O)N(N)Cc1ccc(O)cc1. The molecule has 0 bridgehead atoms. The molecular weight excluding hydrogens is 168 g/mol. The van der Waals surface area contributed by atoms with Crippen LogP contribution in [0.2, 0.25) is 0 Å². The van der Waals surface area contributed by atoms with Crippen molar-refractivity contribution in [1.29, 1.82) is 0 Å². The van der Waals surface area contributed by atoms with Crippen molar-refractivity contribution in [2.24, 2.45) is 5.84 Å². The van der Waals surface area contributed by atoms with Crippen LogP contribution in [0.25, 0.3) is 0 Å². The van der Waals surface area contributed by atoms with Gasteiger partial charge in [0, 0.05) is 6.54 Å². The average Bonchev–Trinajstić information content (AvgIpc) is 2.08. The van der Waals surface area contributed by atoms with Gasteiger partial charge in [0.25, 0.3) is 0 Å². The van der Waals surface area contributed by atoms with E-state index in [1.807, 2.05) is 0 Å². The number of aliphatic hydroxyl groups excluding tert-OH is 1. The van der Waals surface area contributed by atoms with Crippen LogP contribution in [-0.2, 0) is 6.54 Å². The number of rotatable bonds is 3. The van der Waals surface area contributed by atoms with Gasteiger partial charge in [-0.1, -0.05) is 12.1 Å². The second-order valence-electron chi connectivity index (χ2n) is 2.97. The maximum Gasteiger partial charge on any atom is 0.117 e. The number of nitrogens with zero attached hydrogens (tertiary/aromatic N) is 1. The highest BCUT2D eigenvalue weighted by Gasteiger charge is 2.05. The zero-order valence-electron chi connectivity index (χ0n) is 7.51. The molecule has 1 atom stereocenters. The summed E-state index contributed by atoms with van der Waals surface area (Å²) in [4.78, 5) is 0. The Kier molecular flexibility index (Phi) is 3.25. The van der Waals surface area contributed by atoms with Gasteiger partial charge in [-0.15, -0.1) is 0 Å². The van der Waals surface area contributed by atoms with Crippen LogP contribution < -0.4 is 5.84 Å². The number of nitrogens with two attached hydrogens (primary N) is 1. The molecule has 4 N–H and O–H groups in total. The molecule has 0 heterocycles. The molecule has 1 aromatic carbocycles. The monoisotopic (exact) mass is 182 g/mol. The highest BCUT2D eigenvalue weighted by molar-refractivity contribution is 5.25. The lowest BCUT2D eigenvalue weighted by Gasteiger charge is -2.19. The van der Waals surface area contributed by atoms with E-state index in [0.717, 1.165) is 5.56 Å². The number of phenolic OH excluding ortho intramolecular Hbond substituents is 1. The van der Waals surface area contributed by atoms with Crippen LogP contribution in [0.4, 0.5) is 0 Å². The predicted molar refractivity (Wildman–Crippen MR) is 49.5 cm³/mol. The molecule has 1 rings (SSSR count). The average molecular weight is 182 g/mol. The van der Waals surface area contributed by atoms with Crippen molar-refractivity contribution in [1.82, 2.24) is 5.01 Å². The van der Waals surface area contributed by atoms with E-state index in [-0.39, 0.29) is 5.75 Å². The Morgan fingerprint density at radius 1 is 1.38 bits per heavy atom. The minimum absolute atomic E-state index is 0.226. The Balaban J connectivity index is 2.59. The van der Waals surface area contributed by atoms with Crippen LogP contribution >= 0.6 is 0 Å². The molecule has 0 radical (unpaired) electrons. The van der Waals surface area contributed by atoms with Crippen molar-refractivity contribution in [2.45, 2.75) is 19.7 Å². The number of aromatic hydroxyl groups is 1. The molecule has 1 aromatic rings. The summed E-state index contributed by atoms with van der Waals surface area (Å²) in [6.07, 6.45) is -0.672. The third-order valence-corrected chi connectivity index (χ3v) is 1.78. The van der Waals surface area contributed by atoms with Crippen LogP contribution in [0.5, 0.6) is 5.75 Å². The molecule has 0 amide bonds. The Labute approximate surface area is 77.2 Å². The van der Waals surface area contributed by atoms with E-state index in [4.69, 9.17) is 16.1 Å². The van der Waals surface area contributed by atoms with Gasteiger partial charge in [0.15, 0.2) is 0 Å². The Morgan fingerprint density at radius 3 is 2.38 bits per heavy atom. The minimum Gasteiger partial charge on any atom is -0.508 e. The van der Waals surface area contributed by atoms with Gasteiger partial charge < -0.3 is 10.2 Å². The maximum atomic E-state index is 9.09. The molecule has 0 saturated heterocycles. The molecule has 0 fully saturated rings. The number of phenols is 1. The van der Waals surface area contributed by atoms with Crippen molar-refractivity contribution < 1.29 is 10.2 Å². The summed E-state index contributed by atoms with van der Waals surface area (Å²) in [5.74, 6) is 5.73. The molecule has 0 aliphatic heterocycles. The Bertz CT molecular complexity index is 259. The first-order valence-corrected chi connectivity index (χ1v) is 4.07. The van der Waals surface area contributed by atoms with E-state index in [1.54, 1.807) is 31.2 Å². The normalized spacial score (nSPS) is 13.2. The van der Waals surface area contributed by atoms with Gasteiger partial charge >= 0.3 is 0 Å². The van der Waals surface area contributed by atoms with Gasteiger partial charge in [-0.25, -0.2) is 5.01 Å². The van der Waals surface area contributed by atoms with Gasteiger partial charge in [-0.05, 0) is 24.6 Å². The van der Waals surface area contributed by atoms with Crippen LogP contribution in [0.3, 0.4) is 0 Å². The third kappa shape index (κ3) is 3.02. The molecule has 13 heavy (non-hydrogen) atoms. The topological polar surface area (TPSA) is 69.7 Å². The lowest BCUT2D eigenvalue weighted by molar-refractivity contribution is 0.0120. The molecule has 4 heteroatoms. The second kappa shape index (κ2) is 4.23. The standard InChI is InChI=1S/C9H14N2O2/c1-7(12)11(10)6-8-2-4-9(13)5-3-8/h2-5,7,12-13H,6,10H2,1H3. The minimum atomic E-state index is -0.672. The zero-order chi connectivity index (χ0) is 9.84. The number of benzene rings is 1. The smallest absolute Gasteiger partial charge is 0.117 e. The number of hydrogen-bond acceptors (Lipinski definition) is 4. The van der Waals surface area contributed by atoms with E-state index in [2.05, 4.69) is 0 Å². The second-order valence-corrected chi connectivity index (χ2v) is 2.97. The molecule has 0 spiro atoms. The van der Waals surface area contributed by atoms with Crippen LogP contribution in [0.15, 0.2) is 24.3 Å². The van der Waals surface area contributed by atoms with E-state index >= 15 is 0 Å². The quantitative estimate of drug-likeness (QED) is 0.359. The molecule has 0 aliphatic rings. The lowest BCUT2D eigenvalue weighted by atomic mass is 10.2. The maximum absolute atomic E-state index is 9.09. The third-order valence-electron chi connectivity index (χ3n) is 1.78. The van der Waals surface area contributed by atoms with Crippen molar-refractivity contribution in [3.63, 3.8) is 0 Å². The molecule has 1 unspecified atom stereocenters. The molecule has 0 aromatic heterocycles. The summed E-state index contributed by atoms with van der Waals surface area (Å²) >= 11 is 0. The summed E-state index contributed by atoms with van der Waals surface area (Å²) in [5, 5.41) is 19.4. The van der Waals surface area contributed by atoms with E-state index in [9.17, 15) is 0 Å². The largest absolute Gasteiger partial charge is 0.508 e. The molecule has 0 saturated carbocycles. The lowest BCUT2D eigenvalue weighted by Crippen LogP contribution is -2.38. The first-order chi connectivity index (χ1) is 6.09. The van der Waals surface area contributed by atoms with Crippen molar-refractivity contribution in [2.75, 3.05) is 0 Å². The highest BCUT2D eigenvalue weighted by Crippen LogP contribution is 2.10. The molecular formula is C9H14N2O2. The highest BCUT2D eigenvalue weighted by atomic mass is 16.3. The van der Waals surface area contributed by atoms with Gasteiger partial charge in [0.1, 0.15) is 12.0 Å². The van der Waals surface area contributed by atoms with Gasteiger partial charge in [0.2, 0.25) is 0 Å². The first-order valence-electron chi connectivity index (χ1n) is 4.07. The summed E-state index contributed by atoms with van der Waals surface area (Å²) in [5.41, 5.74) is 0.946. The predicted octanol–water partition coefficient (Wildman–Crippen LogP) is 0.406. The number of aliphatic hydroxyl groups is 1. The number of hydrogen-bond donors (Lipinski definition) is 3. The molecule has 4 nitrogen and oxygen atoms in total. The fourth-order valence-corrected chi connectivity index (χ4v) is 0.944. The van der Waals surface area contributed by atoms with Crippen molar-refractivity contribution in [3.05, 3.63) is 29.8 Å². The Hall–Kier alpha value is -1.10.